The zero-order valence-corrected chi connectivity index (χ0v) is 13.6. The number of nitrogens with one attached hydrogen (secondary N) is 1. The zero-order chi connectivity index (χ0) is 16.1. The molecule has 3 heteroatoms. The fourth-order valence-electron chi connectivity index (χ4n) is 2.16. The maximum Gasteiger partial charge on any atom is 0.255 e. The van der Waals surface area contributed by atoms with Crippen molar-refractivity contribution in [3.05, 3.63) is 59.2 Å². The van der Waals surface area contributed by atoms with Crippen molar-refractivity contribution in [3.8, 4) is 5.75 Å². The predicted molar refractivity (Wildman–Crippen MR) is 90.6 cm³/mol. The SMILES string of the molecule is Cc1ccc(C(=O)Nc2ccc(OCC(C)C)cc2)c(C)c1. The van der Waals surface area contributed by atoms with Crippen molar-refractivity contribution in [1.29, 1.82) is 0 Å². The molecule has 3 nitrogen and oxygen atoms in total. The summed E-state index contributed by atoms with van der Waals surface area (Å²) in [6.07, 6.45) is 0. The maximum atomic E-state index is 12.3. The maximum absolute atomic E-state index is 12.3. The van der Waals surface area contributed by atoms with Crippen LogP contribution in [0, 0.1) is 19.8 Å². The minimum absolute atomic E-state index is 0.0895. The second kappa shape index (κ2) is 7.12. The van der Waals surface area contributed by atoms with E-state index in [1.54, 1.807) is 0 Å². The number of hydrogen-bond acceptors (Lipinski definition) is 2. The molecular formula is C19H23NO2. The van der Waals surface area contributed by atoms with E-state index >= 15 is 0 Å². The van der Waals surface area contributed by atoms with Gasteiger partial charge in [0, 0.05) is 11.3 Å². The van der Waals surface area contributed by atoms with Gasteiger partial charge in [-0.1, -0.05) is 31.5 Å². The quantitative estimate of drug-likeness (QED) is 0.876. The third kappa shape index (κ3) is 4.35. The minimum Gasteiger partial charge on any atom is -0.493 e. The van der Waals surface area contributed by atoms with E-state index in [4.69, 9.17) is 4.74 Å². The second-order valence-electron chi connectivity index (χ2n) is 6.00. The Morgan fingerprint density at radius 1 is 1.09 bits per heavy atom. The monoisotopic (exact) mass is 297 g/mol. The lowest BCUT2D eigenvalue weighted by Gasteiger charge is -2.11. The van der Waals surface area contributed by atoms with Gasteiger partial charge in [-0.05, 0) is 55.7 Å². The van der Waals surface area contributed by atoms with Gasteiger partial charge in [-0.2, -0.15) is 0 Å². The van der Waals surface area contributed by atoms with Gasteiger partial charge in [0.15, 0.2) is 0 Å². The summed E-state index contributed by atoms with van der Waals surface area (Å²) in [7, 11) is 0. The van der Waals surface area contributed by atoms with Crippen LogP contribution in [0.3, 0.4) is 0 Å². The Labute approximate surface area is 132 Å². The van der Waals surface area contributed by atoms with Crippen LogP contribution in [0.25, 0.3) is 0 Å². The first kappa shape index (κ1) is 16.1. The van der Waals surface area contributed by atoms with Gasteiger partial charge in [-0.3, -0.25) is 4.79 Å². The molecule has 2 rings (SSSR count). The smallest absolute Gasteiger partial charge is 0.255 e. The Hall–Kier alpha value is -2.29. The average molecular weight is 297 g/mol. The van der Waals surface area contributed by atoms with Crippen molar-refractivity contribution in [1.82, 2.24) is 0 Å². The molecule has 0 aliphatic rings. The fraction of sp³-hybridized carbons (Fsp3) is 0.316. The van der Waals surface area contributed by atoms with E-state index < -0.39 is 0 Å². The first-order valence-electron chi connectivity index (χ1n) is 7.57. The van der Waals surface area contributed by atoms with Crippen molar-refractivity contribution in [3.63, 3.8) is 0 Å². The molecule has 2 aromatic carbocycles. The van der Waals surface area contributed by atoms with Crippen molar-refractivity contribution < 1.29 is 9.53 Å². The van der Waals surface area contributed by atoms with Crippen LogP contribution < -0.4 is 10.1 Å². The molecule has 0 aliphatic heterocycles. The predicted octanol–water partition coefficient (Wildman–Crippen LogP) is 4.59. The molecule has 0 spiro atoms. The first-order valence-corrected chi connectivity index (χ1v) is 7.57. The normalized spacial score (nSPS) is 10.6. The van der Waals surface area contributed by atoms with E-state index in [1.165, 1.54) is 0 Å². The Bertz CT molecular complexity index is 645. The number of carbonyl (C=O) groups excluding carboxylic acids is 1. The largest absolute Gasteiger partial charge is 0.493 e. The molecular weight excluding hydrogens is 274 g/mol. The number of rotatable bonds is 5. The zero-order valence-electron chi connectivity index (χ0n) is 13.6. The Balaban J connectivity index is 2.02. The van der Waals surface area contributed by atoms with Gasteiger partial charge in [0.1, 0.15) is 5.75 Å². The topological polar surface area (TPSA) is 38.3 Å². The average Bonchev–Trinajstić information content (AvgIpc) is 2.46. The number of hydrogen-bond donors (Lipinski definition) is 1. The van der Waals surface area contributed by atoms with Crippen molar-refractivity contribution >= 4 is 11.6 Å². The van der Waals surface area contributed by atoms with Crippen LogP contribution in [0.2, 0.25) is 0 Å². The number of aryl methyl sites for hydroxylation is 2. The Kier molecular flexibility index (Phi) is 5.21. The van der Waals surface area contributed by atoms with Gasteiger partial charge in [0.05, 0.1) is 6.61 Å². The minimum atomic E-state index is -0.0895. The molecule has 116 valence electrons. The molecule has 1 N–H and O–H groups in total. The molecule has 0 saturated heterocycles. The third-order valence-corrected chi connectivity index (χ3v) is 3.32. The molecule has 0 heterocycles. The van der Waals surface area contributed by atoms with Crippen LogP contribution in [0.1, 0.15) is 35.3 Å². The molecule has 0 fully saturated rings. The van der Waals surface area contributed by atoms with Gasteiger partial charge in [0.25, 0.3) is 5.91 Å². The lowest BCUT2D eigenvalue weighted by molar-refractivity contribution is 0.102. The van der Waals surface area contributed by atoms with Crippen LogP contribution in [-0.2, 0) is 0 Å². The highest BCUT2D eigenvalue weighted by Gasteiger charge is 2.09. The number of anilines is 1. The second-order valence-corrected chi connectivity index (χ2v) is 6.00. The molecule has 0 bridgehead atoms. The Morgan fingerprint density at radius 2 is 1.77 bits per heavy atom. The highest BCUT2D eigenvalue weighted by Crippen LogP contribution is 2.18. The van der Waals surface area contributed by atoms with Crippen LogP contribution in [0.4, 0.5) is 5.69 Å². The van der Waals surface area contributed by atoms with Crippen molar-refractivity contribution in [2.45, 2.75) is 27.7 Å². The van der Waals surface area contributed by atoms with E-state index in [0.29, 0.717) is 18.1 Å². The third-order valence-electron chi connectivity index (χ3n) is 3.32. The lowest BCUT2D eigenvalue weighted by Crippen LogP contribution is -2.13. The van der Waals surface area contributed by atoms with Crippen LogP contribution in [0.15, 0.2) is 42.5 Å². The molecule has 0 atom stereocenters. The van der Waals surface area contributed by atoms with Crippen molar-refractivity contribution in [2.24, 2.45) is 5.92 Å². The molecule has 0 aliphatic carbocycles. The molecule has 0 radical (unpaired) electrons. The molecule has 2 aromatic rings. The van der Waals surface area contributed by atoms with Crippen LogP contribution >= 0.6 is 0 Å². The van der Waals surface area contributed by atoms with Gasteiger partial charge >= 0.3 is 0 Å². The standard InChI is InChI=1S/C19H23NO2/c1-13(2)12-22-17-8-6-16(7-9-17)20-19(21)18-10-5-14(3)11-15(18)4/h5-11,13H,12H2,1-4H3,(H,20,21). The molecule has 0 aromatic heterocycles. The fourth-order valence-corrected chi connectivity index (χ4v) is 2.16. The highest BCUT2D eigenvalue weighted by molar-refractivity contribution is 6.05. The van der Waals surface area contributed by atoms with Gasteiger partial charge in [0.2, 0.25) is 0 Å². The van der Waals surface area contributed by atoms with E-state index in [1.807, 2.05) is 56.3 Å². The lowest BCUT2D eigenvalue weighted by atomic mass is 10.1. The Morgan fingerprint density at radius 3 is 2.36 bits per heavy atom. The summed E-state index contributed by atoms with van der Waals surface area (Å²) in [4.78, 5) is 12.3. The van der Waals surface area contributed by atoms with E-state index in [2.05, 4.69) is 19.2 Å². The van der Waals surface area contributed by atoms with Crippen LogP contribution in [-0.4, -0.2) is 12.5 Å². The van der Waals surface area contributed by atoms with Gasteiger partial charge in [-0.15, -0.1) is 0 Å². The number of ether oxygens (including phenoxy) is 1. The summed E-state index contributed by atoms with van der Waals surface area (Å²) < 4.78 is 5.63. The summed E-state index contributed by atoms with van der Waals surface area (Å²) in [6.45, 7) is 8.88. The molecule has 0 unspecified atom stereocenters. The summed E-state index contributed by atoms with van der Waals surface area (Å²) in [6, 6.07) is 13.3. The van der Waals surface area contributed by atoms with E-state index in [-0.39, 0.29) is 5.91 Å². The number of benzene rings is 2. The number of amides is 1. The van der Waals surface area contributed by atoms with Gasteiger partial charge < -0.3 is 10.1 Å². The summed E-state index contributed by atoms with van der Waals surface area (Å²) in [5.41, 5.74) is 3.60. The van der Waals surface area contributed by atoms with Crippen molar-refractivity contribution in [2.75, 3.05) is 11.9 Å². The summed E-state index contributed by atoms with van der Waals surface area (Å²) >= 11 is 0. The molecule has 22 heavy (non-hydrogen) atoms. The number of carbonyl (C=O) groups is 1. The first-order chi connectivity index (χ1) is 10.5. The molecule has 1 amide bonds. The van der Waals surface area contributed by atoms with Gasteiger partial charge in [-0.25, -0.2) is 0 Å². The van der Waals surface area contributed by atoms with E-state index in [9.17, 15) is 4.79 Å². The molecule has 0 saturated carbocycles. The van der Waals surface area contributed by atoms with Crippen LogP contribution in [0.5, 0.6) is 5.75 Å². The highest BCUT2D eigenvalue weighted by atomic mass is 16.5. The summed E-state index contributed by atoms with van der Waals surface area (Å²) in [5, 5.41) is 2.92. The summed E-state index contributed by atoms with van der Waals surface area (Å²) in [5.74, 6) is 1.22. The van der Waals surface area contributed by atoms with E-state index in [0.717, 1.165) is 22.6 Å².